The summed E-state index contributed by atoms with van der Waals surface area (Å²) in [5.74, 6) is -0.596. The molecule has 7 heteroatoms. The zero-order chi connectivity index (χ0) is 11.0. The number of aromatic amines is 1. The maximum atomic E-state index is 12.4. The van der Waals surface area contributed by atoms with Crippen LogP contribution in [0, 0.1) is 0 Å². The summed E-state index contributed by atoms with van der Waals surface area (Å²) >= 11 is 0. The number of rotatable bonds is 2. The Hall–Kier alpha value is -1.24. The van der Waals surface area contributed by atoms with Crippen molar-refractivity contribution in [2.75, 3.05) is 5.73 Å². The van der Waals surface area contributed by atoms with Crippen LogP contribution >= 0.6 is 0 Å². The van der Waals surface area contributed by atoms with Gasteiger partial charge in [0.2, 0.25) is 5.60 Å². The molecule has 1 atom stereocenters. The molecule has 0 spiro atoms. The first-order chi connectivity index (χ1) is 6.31. The van der Waals surface area contributed by atoms with E-state index in [1.54, 1.807) is 0 Å². The van der Waals surface area contributed by atoms with E-state index in [2.05, 4.69) is 9.97 Å². The van der Waals surface area contributed by atoms with E-state index >= 15 is 0 Å². The number of H-pyrrole nitrogens is 1. The Morgan fingerprint density at radius 1 is 1.57 bits per heavy atom. The Labute approximate surface area is 78.0 Å². The van der Waals surface area contributed by atoms with E-state index in [1.807, 2.05) is 0 Å². The molecule has 14 heavy (non-hydrogen) atoms. The average molecular weight is 209 g/mol. The van der Waals surface area contributed by atoms with Gasteiger partial charge in [-0.3, -0.25) is 0 Å². The molecule has 4 N–H and O–H groups in total. The van der Waals surface area contributed by atoms with E-state index in [0.717, 1.165) is 6.20 Å². The van der Waals surface area contributed by atoms with E-state index in [9.17, 15) is 18.3 Å². The largest absolute Gasteiger partial charge is 0.424 e. The van der Waals surface area contributed by atoms with Crippen molar-refractivity contribution in [3.05, 3.63) is 12.0 Å². The Morgan fingerprint density at radius 2 is 2.14 bits per heavy atom. The van der Waals surface area contributed by atoms with Crippen LogP contribution in [0.2, 0.25) is 0 Å². The van der Waals surface area contributed by atoms with Crippen LogP contribution in [0.5, 0.6) is 0 Å². The molecule has 0 aliphatic heterocycles. The number of halogens is 3. The Balaban J connectivity index is 3.14. The second kappa shape index (κ2) is 3.16. The molecule has 0 saturated heterocycles. The first-order valence-corrected chi connectivity index (χ1v) is 3.91. The molecule has 1 rings (SSSR count). The molecule has 0 bridgehead atoms. The zero-order valence-corrected chi connectivity index (χ0v) is 7.39. The molecule has 1 heterocycles. The highest BCUT2D eigenvalue weighted by Gasteiger charge is 2.55. The molecule has 1 aromatic heterocycles. The molecule has 80 valence electrons. The van der Waals surface area contributed by atoms with Crippen LogP contribution in [0.15, 0.2) is 6.20 Å². The second-order valence-corrected chi connectivity index (χ2v) is 2.90. The summed E-state index contributed by atoms with van der Waals surface area (Å²) in [4.78, 5) is 5.55. The van der Waals surface area contributed by atoms with E-state index < -0.39 is 24.0 Å². The minimum atomic E-state index is -4.77. The van der Waals surface area contributed by atoms with Crippen molar-refractivity contribution in [3.63, 3.8) is 0 Å². The molecule has 0 aromatic carbocycles. The molecule has 0 fully saturated rings. The van der Waals surface area contributed by atoms with Gasteiger partial charge in [0.15, 0.2) is 0 Å². The smallest absolute Gasteiger partial charge is 0.384 e. The van der Waals surface area contributed by atoms with Crippen molar-refractivity contribution in [2.24, 2.45) is 0 Å². The number of nitrogens with two attached hydrogens (primary N) is 1. The number of aliphatic hydroxyl groups is 1. The molecule has 4 nitrogen and oxygen atoms in total. The van der Waals surface area contributed by atoms with E-state index in [-0.39, 0.29) is 5.82 Å². The normalized spacial score (nSPS) is 16.6. The third-order valence-electron chi connectivity index (χ3n) is 1.97. The number of imidazole rings is 1. The summed E-state index contributed by atoms with van der Waals surface area (Å²) in [5, 5.41) is 9.37. The molecule has 1 unspecified atom stereocenters. The van der Waals surface area contributed by atoms with Crippen LogP contribution in [0.3, 0.4) is 0 Å². The van der Waals surface area contributed by atoms with Crippen molar-refractivity contribution in [1.82, 2.24) is 9.97 Å². The fourth-order valence-corrected chi connectivity index (χ4v) is 1.05. The van der Waals surface area contributed by atoms with Gasteiger partial charge in [0.05, 0.1) is 6.20 Å². The number of alkyl halides is 3. The predicted molar refractivity (Wildman–Crippen MR) is 43.2 cm³/mol. The number of anilines is 1. The third kappa shape index (κ3) is 1.54. The summed E-state index contributed by atoms with van der Waals surface area (Å²) in [6, 6.07) is 0. The van der Waals surface area contributed by atoms with Crippen molar-refractivity contribution in [2.45, 2.75) is 25.1 Å². The van der Waals surface area contributed by atoms with Crippen molar-refractivity contribution < 1.29 is 18.3 Å². The number of nitrogens with zero attached hydrogens (tertiary/aromatic N) is 1. The van der Waals surface area contributed by atoms with Gasteiger partial charge in [-0.1, -0.05) is 6.92 Å². The minimum Gasteiger partial charge on any atom is -0.384 e. The van der Waals surface area contributed by atoms with Crippen molar-refractivity contribution in [3.8, 4) is 0 Å². The monoisotopic (exact) mass is 209 g/mol. The molecule has 0 aliphatic rings. The van der Waals surface area contributed by atoms with Gasteiger partial charge in [0.1, 0.15) is 11.6 Å². The van der Waals surface area contributed by atoms with Gasteiger partial charge in [-0.15, -0.1) is 0 Å². The lowest BCUT2D eigenvalue weighted by molar-refractivity contribution is -0.270. The zero-order valence-electron chi connectivity index (χ0n) is 7.39. The van der Waals surface area contributed by atoms with Crippen LogP contribution in [0.4, 0.5) is 19.0 Å². The van der Waals surface area contributed by atoms with Crippen molar-refractivity contribution >= 4 is 5.82 Å². The third-order valence-corrected chi connectivity index (χ3v) is 1.97. The first kappa shape index (κ1) is 10.8. The van der Waals surface area contributed by atoms with Crippen LogP contribution in [0.25, 0.3) is 0 Å². The molecule has 0 aliphatic carbocycles. The summed E-state index contributed by atoms with van der Waals surface area (Å²) in [6.07, 6.45) is -4.27. The average Bonchev–Trinajstić information content (AvgIpc) is 2.48. The second-order valence-electron chi connectivity index (χ2n) is 2.90. The summed E-state index contributed by atoms with van der Waals surface area (Å²) in [7, 11) is 0. The van der Waals surface area contributed by atoms with Crippen LogP contribution in [0.1, 0.15) is 19.2 Å². The highest BCUT2D eigenvalue weighted by molar-refractivity contribution is 5.26. The number of nitrogen functional groups attached to an aromatic ring is 1. The topological polar surface area (TPSA) is 74.9 Å². The lowest BCUT2D eigenvalue weighted by Gasteiger charge is -2.26. The van der Waals surface area contributed by atoms with E-state index in [0.29, 0.717) is 0 Å². The predicted octanol–water partition coefficient (Wildman–Crippen LogP) is 1.15. The molecule has 0 saturated carbocycles. The minimum absolute atomic E-state index is 0.0175. The molecule has 0 amide bonds. The van der Waals surface area contributed by atoms with Gasteiger partial charge < -0.3 is 15.8 Å². The van der Waals surface area contributed by atoms with Gasteiger partial charge in [-0.25, -0.2) is 4.98 Å². The fraction of sp³-hybridized carbons (Fsp3) is 0.571. The Kier molecular flexibility index (Phi) is 2.45. The Morgan fingerprint density at radius 3 is 2.43 bits per heavy atom. The molecule has 1 aromatic rings. The van der Waals surface area contributed by atoms with Crippen LogP contribution < -0.4 is 5.73 Å². The van der Waals surface area contributed by atoms with Gasteiger partial charge in [-0.05, 0) is 6.42 Å². The summed E-state index contributed by atoms with van der Waals surface area (Å²) in [5.41, 5.74) is 2.22. The summed E-state index contributed by atoms with van der Waals surface area (Å²) in [6.45, 7) is 1.21. The number of aromatic nitrogens is 2. The molecule has 0 radical (unpaired) electrons. The fourth-order valence-electron chi connectivity index (χ4n) is 1.05. The molecular formula is C7H10F3N3O. The van der Waals surface area contributed by atoms with Crippen molar-refractivity contribution in [1.29, 1.82) is 0 Å². The van der Waals surface area contributed by atoms with Crippen LogP contribution in [-0.4, -0.2) is 21.3 Å². The van der Waals surface area contributed by atoms with Gasteiger partial charge in [0.25, 0.3) is 0 Å². The Bertz CT molecular complexity index is 322. The number of nitrogens with one attached hydrogen (secondary N) is 1. The van der Waals surface area contributed by atoms with E-state index in [4.69, 9.17) is 5.73 Å². The first-order valence-electron chi connectivity index (χ1n) is 3.91. The maximum Gasteiger partial charge on any atom is 0.424 e. The van der Waals surface area contributed by atoms with Gasteiger partial charge in [-0.2, -0.15) is 13.2 Å². The van der Waals surface area contributed by atoms with Gasteiger partial charge in [0, 0.05) is 0 Å². The highest BCUT2D eigenvalue weighted by atomic mass is 19.4. The number of hydrogen-bond acceptors (Lipinski definition) is 3. The molecular weight excluding hydrogens is 199 g/mol. The quantitative estimate of drug-likeness (QED) is 0.684. The maximum absolute atomic E-state index is 12.4. The highest BCUT2D eigenvalue weighted by Crippen LogP contribution is 2.39. The lowest BCUT2D eigenvalue weighted by atomic mass is 9.99. The summed E-state index contributed by atoms with van der Waals surface area (Å²) < 4.78 is 37.3. The van der Waals surface area contributed by atoms with Crippen LogP contribution in [-0.2, 0) is 5.60 Å². The van der Waals surface area contributed by atoms with Gasteiger partial charge >= 0.3 is 6.18 Å². The standard InChI is InChI=1S/C7H10F3N3O/c1-2-6(14,7(8,9)10)5-12-3-4(11)13-5/h3,14H,2,11H2,1H3,(H,12,13). The SMILES string of the molecule is CCC(O)(c1ncc(N)[nH]1)C(F)(F)F. The lowest BCUT2D eigenvalue weighted by Crippen LogP contribution is -2.42. The number of hydrogen-bond donors (Lipinski definition) is 3. The van der Waals surface area contributed by atoms with E-state index in [1.165, 1.54) is 6.92 Å².